The number of hydrogen-bond acceptors (Lipinski definition) is 5. The average molecular weight is 406 g/mol. The molecule has 2 aromatic heterocycles. The van der Waals surface area contributed by atoms with Crippen LogP contribution in [0.3, 0.4) is 0 Å². The molecule has 4 rings (SSSR count). The average Bonchev–Trinajstić information content (AvgIpc) is 2.73. The standard InChI is InChI=1S/C23H20F2N4O/c1-14(2)21-9-8-19-22(26-13-27-23(19)29-21)28-17-4-3-5-18(11-17)30-12-15-6-7-16(24)10-20(15)25/h3-11,13-14H,12H2,1-2H3,(H,26,27,28,29). The molecule has 0 aliphatic rings. The van der Waals surface area contributed by atoms with E-state index in [0.717, 1.165) is 22.8 Å². The van der Waals surface area contributed by atoms with Crippen LogP contribution < -0.4 is 10.1 Å². The third-order valence-electron chi connectivity index (χ3n) is 4.62. The minimum atomic E-state index is -0.634. The van der Waals surface area contributed by atoms with Crippen molar-refractivity contribution in [3.05, 3.63) is 83.8 Å². The van der Waals surface area contributed by atoms with E-state index in [4.69, 9.17) is 4.74 Å². The molecule has 0 radical (unpaired) electrons. The van der Waals surface area contributed by atoms with Crippen molar-refractivity contribution < 1.29 is 13.5 Å². The van der Waals surface area contributed by atoms with Crippen LogP contribution in [0.4, 0.5) is 20.3 Å². The first-order chi connectivity index (χ1) is 14.5. The quantitative estimate of drug-likeness (QED) is 0.442. The van der Waals surface area contributed by atoms with Crippen LogP contribution in [0.2, 0.25) is 0 Å². The number of aromatic nitrogens is 3. The van der Waals surface area contributed by atoms with Crippen molar-refractivity contribution in [3.8, 4) is 5.75 Å². The van der Waals surface area contributed by atoms with Crippen LogP contribution in [-0.2, 0) is 6.61 Å². The summed E-state index contributed by atoms with van der Waals surface area (Å²) in [5, 5.41) is 4.07. The summed E-state index contributed by atoms with van der Waals surface area (Å²) in [6, 6.07) is 14.6. The summed E-state index contributed by atoms with van der Waals surface area (Å²) in [7, 11) is 0. The van der Waals surface area contributed by atoms with E-state index in [1.165, 1.54) is 18.5 Å². The normalized spacial score (nSPS) is 11.1. The highest BCUT2D eigenvalue weighted by molar-refractivity contribution is 5.88. The second-order valence-corrected chi connectivity index (χ2v) is 7.16. The van der Waals surface area contributed by atoms with Crippen molar-refractivity contribution in [2.24, 2.45) is 0 Å². The predicted molar refractivity (Wildman–Crippen MR) is 112 cm³/mol. The molecule has 0 fully saturated rings. The van der Waals surface area contributed by atoms with Gasteiger partial charge in [0.15, 0.2) is 5.65 Å². The van der Waals surface area contributed by atoms with Crippen LogP contribution in [0.5, 0.6) is 5.75 Å². The Balaban J connectivity index is 1.53. The fourth-order valence-corrected chi connectivity index (χ4v) is 2.98. The number of hydrogen-bond donors (Lipinski definition) is 1. The lowest BCUT2D eigenvalue weighted by Gasteiger charge is -2.12. The predicted octanol–water partition coefficient (Wildman–Crippen LogP) is 5.75. The number of halogens is 2. The number of nitrogens with zero attached hydrogens (tertiary/aromatic N) is 3. The number of nitrogens with one attached hydrogen (secondary N) is 1. The third kappa shape index (κ3) is 4.35. The maximum Gasteiger partial charge on any atom is 0.164 e. The Hall–Kier alpha value is -3.61. The Labute approximate surface area is 172 Å². The van der Waals surface area contributed by atoms with Gasteiger partial charge in [0.05, 0.1) is 5.39 Å². The Kier molecular flexibility index (Phi) is 5.52. The van der Waals surface area contributed by atoms with Crippen LogP contribution in [0.1, 0.15) is 31.0 Å². The number of pyridine rings is 1. The van der Waals surface area contributed by atoms with E-state index in [0.29, 0.717) is 23.1 Å². The van der Waals surface area contributed by atoms with E-state index in [9.17, 15) is 8.78 Å². The fourth-order valence-electron chi connectivity index (χ4n) is 2.98. The highest BCUT2D eigenvalue weighted by Crippen LogP contribution is 2.26. The molecule has 0 amide bonds. The van der Waals surface area contributed by atoms with E-state index in [1.54, 1.807) is 12.1 Å². The maximum atomic E-state index is 13.8. The lowest BCUT2D eigenvalue weighted by Crippen LogP contribution is -2.01. The molecule has 1 N–H and O–H groups in total. The van der Waals surface area contributed by atoms with E-state index in [1.807, 2.05) is 24.3 Å². The zero-order valence-electron chi connectivity index (χ0n) is 16.6. The van der Waals surface area contributed by atoms with Crippen LogP contribution in [-0.4, -0.2) is 15.0 Å². The molecule has 2 aromatic carbocycles. The van der Waals surface area contributed by atoms with Crippen molar-refractivity contribution in [2.45, 2.75) is 26.4 Å². The lowest BCUT2D eigenvalue weighted by atomic mass is 10.1. The molecule has 0 unspecified atom stereocenters. The topological polar surface area (TPSA) is 59.9 Å². The molecular weight excluding hydrogens is 386 g/mol. The van der Waals surface area contributed by atoms with Crippen molar-refractivity contribution in [1.29, 1.82) is 0 Å². The fraction of sp³-hybridized carbons (Fsp3) is 0.174. The van der Waals surface area contributed by atoms with Gasteiger partial charge in [-0.05, 0) is 42.3 Å². The number of ether oxygens (including phenoxy) is 1. The molecule has 5 nitrogen and oxygen atoms in total. The first-order valence-corrected chi connectivity index (χ1v) is 9.55. The van der Waals surface area contributed by atoms with E-state index >= 15 is 0 Å². The van der Waals surface area contributed by atoms with Gasteiger partial charge in [0.2, 0.25) is 0 Å². The highest BCUT2D eigenvalue weighted by Gasteiger charge is 2.09. The molecule has 30 heavy (non-hydrogen) atoms. The molecule has 0 saturated heterocycles. The molecule has 2 heterocycles. The molecular formula is C23H20F2N4O. The molecule has 0 atom stereocenters. The number of rotatable bonds is 6. The van der Waals surface area contributed by atoms with Crippen LogP contribution in [0.15, 0.2) is 60.9 Å². The zero-order valence-corrected chi connectivity index (χ0v) is 16.6. The molecule has 0 spiro atoms. The Morgan fingerprint density at radius 2 is 1.87 bits per heavy atom. The molecule has 4 aromatic rings. The van der Waals surface area contributed by atoms with Gasteiger partial charge in [0.1, 0.15) is 36.1 Å². The van der Waals surface area contributed by atoms with Crippen molar-refractivity contribution >= 4 is 22.5 Å². The summed E-state index contributed by atoms with van der Waals surface area (Å²) < 4.78 is 32.5. The SMILES string of the molecule is CC(C)c1ccc2c(Nc3cccc(OCc4ccc(F)cc4F)c3)ncnc2n1. The second kappa shape index (κ2) is 8.41. The van der Waals surface area contributed by atoms with E-state index < -0.39 is 11.6 Å². The smallest absolute Gasteiger partial charge is 0.164 e. The van der Waals surface area contributed by atoms with Gasteiger partial charge in [-0.1, -0.05) is 19.9 Å². The number of fused-ring (bicyclic) bond motifs is 1. The minimum Gasteiger partial charge on any atom is -0.489 e. The van der Waals surface area contributed by atoms with Crippen molar-refractivity contribution in [2.75, 3.05) is 5.32 Å². The van der Waals surface area contributed by atoms with Crippen molar-refractivity contribution in [3.63, 3.8) is 0 Å². The van der Waals surface area contributed by atoms with Gasteiger partial charge in [0, 0.05) is 29.1 Å². The van der Waals surface area contributed by atoms with Gasteiger partial charge in [-0.15, -0.1) is 0 Å². The van der Waals surface area contributed by atoms with Crippen LogP contribution in [0.25, 0.3) is 11.0 Å². The third-order valence-corrected chi connectivity index (χ3v) is 4.62. The first kappa shape index (κ1) is 19.7. The van der Waals surface area contributed by atoms with E-state index in [2.05, 4.69) is 34.1 Å². The highest BCUT2D eigenvalue weighted by atomic mass is 19.1. The summed E-state index contributed by atoms with van der Waals surface area (Å²) >= 11 is 0. The summed E-state index contributed by atoms with van der Waals surface area (Å²) in [6.45, 7) is 4.16. The number of benzene rings is 2. The van der Waals surface area contributed by atoms with Gasteiger partial charge in [-0.25, -0.2) is 23.7 Å². The largest absolute Gasteiger partial charge is 0.489 e. The van der Waals surface area contributed by atoms with Gasteiger partial charge in [-0.3, -0.25) is 0 Å². The minimum absolute atomic E-state index is 0.00605. The Morgan fingerprint density at radius 1 is 1.00 bits per heavy atom. The first-order valence-electron chi connectivity index (χ1n) is 9.55. The van der Waals surface area contributed by atoms with Gasteiger partial charge in [-0.2, -0.15) is 0 Å². The van der Waals surface area contributed by atoms with E-state index in [-0.39, 0.29) is 12.2 Å². The molecule has 7 heteroatoms. The Bertz CT molecular complexity index is 1200. The van der Waals surface area contributed by atoms with Crippen LogP contribution in [0, 0.1) is 11.6 Å². The maximum absolute atomic E-state index is 13.8. The van der Waals surface area contributed by atoms with Gasteiger partial charge in [0.25, 0.3) is 0 Å². The molecule has 0 bridgehead atoms. The summed E-state index contributed by atoms with van der Waals surface area (Å²) in [6.07, 6.45) is 1.47. The molecule has 0 aliphatic carbocycles. The summed E-state index contributed by atoms with van der Waals surface area (Å²) in [4.78, 5) is 13.2. The van der Waals surface area contributed by atoms with Crippen molar-refractivity contribution in [1.82, 2.24) is 15.0 Å². The lowest BCUT2D eigenvalue weighted by molar-refractivity contribution is 0.299. The van der Waals surface area contributed by atoms with Crippen LogP contribution >= 0.6 is 0 Å². The second-order valence-electron chi connectivity index (χ2n) is 7.16. The van der Waals surface area contributed by atoms with Gasteiger partial charge < -0.3 is 10.1 Å². The monoisotopic (exact) mass is 406 g/mol. The molecule has 0 aliphatic heterocycles. The molecule has 152 valence electrons. The Morgan fingerprint density at radius 3 is 2.67 bits per heavy atom. The molecule has 0 saturated carbocycles. The van der Waals surface area contributed by atoms with Gasteiger partial charge >= 0.3 is 0 Å². The number of anilines is 2. The zero-order chi connectivity index (χ0) is 21.1. The summed E-state index contributed by atoms with van der Waals surface area (Å²) in [5.41, 5.74) is 2.62. The summed E-state index contributed by atoms with van der Waals surface area (Å²) in [5.74, 6) is 0.229.